The van der Waals surface area contributed by atoms with Gasteiger partial charge in [-0.05, 0) is 38.8 Å². The van der Waals surface area contributed by atoms with E-state index in [4.69, 9.17) is 9.57 Å². The van der Waals surface area contributed by atoms with Gasteiger partial charge in [-0.2, -0.15) is 0 Å². The van der Waals surface area contributed by atoms with Gasteiger partial charge in [0.2, 0.25) is 0 Å². The molecule has 0 saturated carbocycles. The van der Waals surface area contributed by atoms with Crippen LogP contribution >= 0.6 is 0 Å². The molecule has 0 unspecified atom stereocenters. The molecule has 3 aliphatic heterocycles. The minimum absolute atomic E-state index is 0.00164. The fraction of sp³-hybridized carbons (Fsp3) is 0.565. The van der Waals surface area contributed by atoms with Crippen LogP contribution in [0.5, 0.6) is 0 Å². The van der Waals surface area contributed by atoms with E-state index in [0.29, 0.717) is 51.5 Å². The Labute approximate surface area is 192 Å². The Bertz CT molecular complexity index is 929. The van der Waals surface area contributed by atoms with Crippen molar-refractivity contribution in [2.45, 2.75) is 45.3 Å². The topological polar surface area (TPSA) is 78.4 Å². The molecule has 180 valence electrons. The van der Waals surface area contributed by atoms with Gasteiger partial charge >= 0.3 is 6.09 Å². The van der Waals surface area contributed by atoms with Gasteiger partial charge in [-0.25, -0.2) is 13.6 Å². The number of piperidine rings is 1. The number of carbonyl (C=O) groups is 1. The lowest BCUT2D eigenvalue weighted by molar-refractivity contribution is -0.0415. The van der Waals surface area contributed by atoms with Gasteiger partial charge in [0.15, 0.2) is 0 Å². The molecule has 0 radical (unpaired) electrons. The zero-order valence-corrected chi connectivity index (χ0v) is 19.1. The summed E-state index contributed by atoms with van der Waals surface area (Å²) in [5, 5.41) is 2.97. The number of halogens is 2. The largest absolute Gasteiger partial charge is 0.447 e. The minimum atomic E-state index is -0.487. The molecular weight excluding hydrogens is 432 g/mol. The second kappa shape index (κ2) is 10.4. The number of aliphatic imine (C=N–C) groups is 1. The van der Waals surface area contributed by atoms with E-state index in [9.17, 15) is 13.6 Å². The van der Waals surface area contributed by atoms with Crippen molar-refractivity contribution in [1.29, 1.82) is 0 Å². The molecule has 1 saturated heterocycles. The van der Waals surface area contributed by atoms with E-state index >= 15 is 0 Å². The number of amidine groups is 1. The molecule has 0 aromatic heterocycles. The second-order valence-electron chi connectivity index (χ2n) is 8.70. The van der Waals surface area contributed by atoms with Gasteiger partial charge in [0.25, 0.3) is 0 Å². The number of anilines is 1. The molecule has 1 fully saturated rings. The normalized spacial score (nSPS) is 19.3. The molecule has 0 bridgehead atoms. The fourth-order valence-electron chi connectivity index (χ4n) is 4.11. The summed E-state index contributed by atoms with van der Waals surface area (Å²) in [6, 6.07) is 2.46. The van der Waals surface area contributed by atoms with Crippen molar-refractivity contribution in [3.05, 3.63) is 41.1 Å². The van der Waals surface area contributed by atoms with E-state index in [2.05, 4.69) is 15.8 Å². The maximum Gasteiger partial charge on any atom is 0.410 e. The number of amides is 1. The van der Waals surface area contributed by atoms with Crippen LogP contribution in [0, 0.1) is 11.6 Å². The van der Waals surface area contributed by atoms with E-state index in [0.717, 1.165) is 18.5 Å². The van der Waals surface area contributed by atoms with Crippen LogP contribution in [-0.2, 0) is 9.57 Å². The highest BCUT2D eigenvalue weighted by atomic mass is 19.1. The van der Waals surface area contributed by atoms with Crippen LogP contribution in [0.1, 0.15) is 38.7 Å². The predicted molar refractivity (Wildman–Crippen MR) is 121 cm³/mol. The van der Waals surface area contributed by atoms with Gasteiger partial charge in [-0.3, -0.25) is 15.3 Å². The van der Waals surface area contributed by atoms with Crippen LogP contribution in [0.2, 0.25) is 0 Å². The van der Waals surface area contributed by atoms with Crippen LogP contribution in [0.15, 0.2) is 28.9 Å². The Balaban J connectivity index is 1.26. The zero-order valence-electron chi connectivity index (χ0n) is 19.1. The summed E-state index contributed by atoms with van der Waals surface area (Å²) in [7, 11) is 0. The van der Waals surface area contributed by atoms with Crippen molar-refractivity contribution in [2.24, 2.45) is 4.99 Å². The number of hydrogen-bond acceptors (Lipinski definition) is 7. The number of nitrogens with zero attached hydrogens (tertiary/aromatic N) is 3. The highest BCUT2D eigenvalue weighted by Gasteiger charge is 2.26. The summed E-state index contributed by atoms with van der Waals surface area (Å²) < 4.78 is 34.5. The van der Waals surface area contributed by atoms with E-state index in [1.807, 2.05) is 19.9 Å². The van der Waals surface area contributed by atoms with Gasteiger partial charge < -0.3 is 19.9 Å². The van der Waals surface area contributed by atoms with Crippen molar-refractivity contribution < 1.29 is 23.1 Å². The van der Waals surface area contributed by atoms with Gasteiger partial charge in [-0.15, -0.1) is 0 Å². The number of nitrogens with one attached hydrogen (secondary N) is 2. The fourth-order valence-corrected chi connectivity index (χ4v) is 4.11. The molecule has 8 nitrogen and oxygen atoms in total. The summed E-state index contributed by atoms with van der Waals surface area (Å²) in [6.45, 7) is 7.03. The number of hydroxylamine groups is 1. The minimum Gasteiger partial charge on any atom is -0.447 e. The lowest BCUT2D eigenvalue weighted by Gasteiger charge is -2.33. The monoisotopic (exact) mass is 463 g/mol. The Morgan fingerprint density at radius 3 is 2.64 bits per heavy atom. The van der Waals surface area contributed by atoms with E-state index in [1.54, 1.807) is 9.80 Å². The molecule has 3 heterocycles. The number of likely N-dealkylation sites (tertiary alicyclic amines) is 1. The first kappa shape index (κ1) is 23.3. The summed E-state index contributed by atoms with van der Waals surface area (Å²) in [4.78, 5) is 25.5. The van der Waals surface area contributed by atoms with Crippen molar-refractivity contribution in [3.63, 3.8) is 0 Å². The van der Waals surface area contributed by atoms with Crippen LogP contribution in [0.4, 0.5) is 19.3 Å². The molecule has 4 rings (SSSR count). The van der Waals surface area contributed by atoms with Gasteiger partial charge in [0.05, 0.1) is 30.0 Å². The van der Waals surface area contributed by atoms with Crippen LogP contribution in [0.3, 0.4) is 0 Å². The smallest absolute Gasteiger partial charge is 0.410 e. The molecular formula is C23H31F2N5O3. The number of ether oxygens (including phenoxy) is 1. The van der Waals surface area contributed by atoms with Crippen molar-refractivity contribution in [2.75, 3.05) is 44.2 Å². The number of hydrogen-bond donors (Lipinski definition) is 2. The third-order valence-electron chi connectivity index (χ3n) is 5.91. The van der Waals surface area contributed by atoms with Gasteiger partial charge in [0.1, 0.15) is 17.5 Å². The molecule has 1 aromatic rings. The highest BCUT2D eigenvalue weighted by Crippen LogP contribution is 2.26. The van der Waals surface area contributed by atoms with Crippen molar-refractivity contribution in [3.8, 4) is 0 Å². The Kier molecular flexibility index (Phi) is 7.32. The van der Waals surface area contributed by atoms with Crippen molar-refractivity contribution >= 4 is 17.6 Å². The lowest BCUT2D eigenvalue weighted by atomic mass is 10.1. The molecule has 2 N–H and O–H groups in total. The summed E-state index contributed by atoms with van der Waals surface area (Å²) in [5.41, 5.74) is 4.34. The Morgan fingerprint density at radius 1 is 1.21 bits per heavy atom. The number of rotatable bonds is 6. The molecule has 33 heavy (non-hydrogen) atoms. The van der Waals surface area contributed by atoms with E-state index in [-0.39, 0.29) is 29.6 Å². The van der Waals surface area contributed by atoms with Crippen LogP contribution in [0.25, 0.3) is 0 Å². The summed E-state index contributed by atoms with van der Waals surface area (Å²) in [6.07, 6.45) is 3.57. The van der Waals surface area contributed by atoms with E-state index in [1.165, 1.54) is 12.1 Å². The molecule has 1 amide bonds. The molecule has 0 spiro atoms. The molecule has 10 heteroatoms. The summed E-state index contributed by atoms with van der Waals surface area (Å²) in [5.74, 6) is -0.547. The maximum atomic E-state index is 14.7. The predicted octanol–water partition coefficient (Wildman–Crippen LogP) is 2.94. The Hall–Kier alpha value is -2.88. The molecule has 1 aromatic carbocycles. The SMILES string of the molecule is CC(C)OC(=O)N1CCC(ONC2=CCN(c3cc(F)c(C4=NCCN4)cc3F)CC2)CC1. The average molecular weight is 464 g/mol. The Morgan fingerprint density at radius 2 is 2.00 bits per heavy atom. The third kappa shape index (κ3) is 5.73. The quantitative estimate of drug-likeness (QED) is 0.632. The molecule has 0 atom stereocenters. The number of benzene rings is 1. The average Bonchev–Trinajstić information content (AvgIpc) is 3.34. The van der Waals surface area contributed by atoms with Gasteiger partial charge in [0, 0.05) is 50.9 Å². The van der Waals surface area contributed by atoms with E-state index < -0.39 is 11.6 Å². The second-order valence-corrected chi connectivity index (χ2v) is 8.70. The first-order valence-corrected chi connectivity index (χ1v) is 11.5. The first-order chi connectivity index (χ1) is 15.9. The van der Waals surface area contributed by atoms with Gasteiger partial charge in [-0.1, -0.05) is 0 Å². The number of carbonyl (C=O) groups excluding carboxylic acids is 1. The van der Waals surface area contributed by atoms with Crippen LogP contribution in [-0.4, -0.2) is 68.3 Å². The molecule has 3 aliphatic rings. The maximum absolute atomic E-state index is 14.7. The summed E-state index contributed by atoms with van der Waals surface area (Å²) >= 11 is 0. The standard InChI is InChI=1S/C23H31F2N5O3/c1-15(2)32-23(31)30-11-5-17(6-12-30)33-28-16-3-9-29(10-4-16)21-14-19(24)18(13-20(21)25)22-26-7-8-27-22/h3,13-15,17,28H,4-12H2,1-2H3,(H,26,27). The van der Waals surface area contributed by atoms with Crippen LogP contribution < -0.4 is 15.7 Å². The highest BCUT2D eigenvalue weighted by molar-refractivity contribution is 6.00. The first-order valence-electron chi connectivity index (χ1n) is 11.5. The zero-order chi connectivity index (χ0) is 23.4. The lowest BCUT2D eigenvalue weighted by Crippen LogP contribution is -2.43. The molecule has 0 aliphatic carbocycles. The van der Waals surface area contributed by atoms with Crippen molar-refractivity contribution in [1.82, 2.24) is 15.7 Å². The third-order valence-corrected chi connectivity index (χ3v) is 5.91.